The van der Waals surface area contributed by atoms with E-state index in [2.05, 4.69) is 15.0 Å². The van der Waals surface area contributed by atoms with Gasteiger partial charge in [-0.25, -0.2) is 0 Å². The predicted molar refractivity (Wildman–Crippen MR) is 264 cm³/mol. The molecule has 0 saturated heterocycles. The summed E-state index contributed by atoms with van der Waals surface area (Å²) in [5.74, 6) is 1.61. The second-order valence-electron chi connectivity index (χ2n) is 17.3. The number of aliphatic imine (C=N–C) groups is 3. The van der Waals surface area contributed by atoms with Gasteiger partial charge in [-0.3, -0.25) is 0 Å². The maximum atomic E-state index is 12.9. The van der Waals surface area contributed by atoms with Gasteiger partial charge in [0, 0.05) is 0 Å². The molecule has 4 aliphatic heterocycles. The molecule has 21 nitrogen and oxygen atoms in total. The van der Waals surface area contributed by atoms with Crippen molar-refractivity contribution in [2.45, 2.75) is 19.6 Å². The van der Waals surface area contributed by atoms with Gasteiger partial charge < -0.3 is 5.48 Å². The third kappa shape index (κ3) is 6.93. The maximum absolute atomic E-state index is 12.9. The van der Waals surface area contributed by atoms with Crippen LogP contribution in [0.15, 0.2) is 161 Å². The first-order valence-corrected chi connectivity index (χ1v) is 28.7. The Kier molecular flexibility index (Phi) is 10.1. The Labute approximate surface area is 426 Å². The summed E-state index contributed by atoms with van der Waals surface area (Å²) < 4.78 is 124. The number of aromatic nitrogens is 2. The molecule has 4 aliphatic rings. The van der Waals surface area contributed by atoms with Crippen LogP contribution in [0.2, 0.25) is 0 Å². The second-order valence-corrected chi connectivity index (χ2v) is 24.8. The van der Waals surface area contributed by atoms with E-state index in [0.717, 1.165) is 12.0 Å². The van der Waals surface area contributed by atoms with E-state index in [1.807, 2.05) is 24.7 Å². The summed E-state index contributed by atoms with van der Waals surface area (Å²) in [6, 6.07) is 32.1. The molecule has 8 aromatic carbocycles. The van der Waals surface area contributed by atoms with Gasteiger partial charge in [0.15, 0.2) is 0 Å². The van der Waals surface area contributed by atoms with Crippen LogP contribution in [0.1, 0.15) is 22.3 Å². The number of nitrogens with one attached hydrogen (secondary N) is 2. The Morgan fingerprint density at radius 2 is 1.05 bits per heavy atom. The van der Waals surface area contributed by atoms with E-state index in [4.69, 9.17) is 24.3 Å². The van der Waals surface area contributed by atoms with E-state index in [-0.39, 0.29) is 50.4 Å². The van der Waals surface area contributed by atoms with Gasteiger partial charge in [-0.05, 0) is 0 Å². The third-order valence-corrected chi connectivity index (χ3v) is 19.8. The first-order valence-electron chi connectivity index (χ1n) is 21.6. The van der Waals surface area contributed by atoms with Crippen molar-refractivity contribution >= 4 is 160 Å². The van der Waals surface area contributed by atoms with Gasteiger partial charge in [0.05, 0.1) is 0 Å². The molecule has 0 fully saturated rings. The van der Waals surface area contributed by atoms with Crippen molar-refractivity contribution in [2.24, 2.45) is 20.0 Å². The van der Waals surface area contributed by atoms with Gasteiger partial charge in [-0.1, -0.05) is 0 Å². The number of nitrogens with zero attached hydrogens (tertiary/aromatic N) is 6. The molecule has 363 valence electrons. The zero-order valence-corrected chi connectivity index (χ0v) is 42.5. The molecule has 10 aromatic rings. The van der Waals surface area contributed by atoms with E-state index in [9.17, 15) is 44.2 Å². The van der Waals surface area contributed by atoms with E-state index in [0.29, 0.717) is 92.8 Å². The molecule has 0 amide bonds. The van der Waals surface area contributed by atoms with Crippen LogP contribution in [-0.4, -0.2) is 92.2 Å². The van der Waals surface area contributed by atoms with Crippen molar-refractivity contribution in [3.05, 3.63) is 155 Å². The number of benzene rings is 8. The first kappa shape index (κ1) is 46.5. The van der Waals surface area contributed by atoms with Crippen LogP contribution >= 0.6 is 12.0 Å². The molecule has 26 heteroatoms. The Morgan fingerprint density at radius 3 is 1.69 bits per heavy atom. The summed E-state index contributed by atoms with van der Waals surface area (Å²) in [7, 11) is -15.0. The third-order valence-electron chi connectivity index (χ3n) is 13.4. The molecule has 6 bridgehead atoms. The summed E-state index contributed by atoms with van der Waals surface area (Å²) in [6.45, 7) is 0. The monoisotopic (exact) mass is 1120 g/mol. The fourth-order valence-corrected chi connectivity index (χ4v) is 16.0. The average Bonchev–Trinajstić information content (AvgIpc) is 4.03. The fraction of sp³-hybridized carbons (Fsp3) is 0. The van der Waals surface area contributed by atoms with Gasteiger partial charge in [-0.2, -0.15) is 0 Å². The molecule has 0 saturated carbocycles. The number of hydrogen-bond donors (Lipinski definition) is 2. The van der Waals surface area contributed by atoms with Gasteiger partial charge in [0.2, 0.25) is 0 Å². The van der Waals surface area contributed by atoms with E-state index in [1.165, 1.54) is 36.4 Å². The number of rotatable bonds is 6. The van der Waals surface area contributed by atoms with Crippen molar-refractivity contribution < 1.29 is 69.0 Å². The topological polar surface area (TPSA) is 332 Å². The van der Waals surface area contributed by atoms with Crippen molar-refractivity contribution in [1.82, 2.24) is 6.55 Å². The Balaban J connectivity index is 0.00000528. The number of fused-ring (bicyclic) bond motifs is 18. The zero-order chi connectivity index (χ0) is 50.0. The summed E-state index contributed by atoms with van der Waals surface area (Å²) in [4.78, 5) is 27.1. The molecule has 2 aromatic heterocycles. The average molecular weight is 1120 g/mol. The normalized spacial score (nSPS) is 14.7. The molecule has 1 radical (unpaired) electrons. The molecular formula is C48H24GaN8O13S4-2. The van der Waals surface area contributed by atoms with Crippen LogP contribution in [0.3, 0.4) is 0 Å². The van der Waals surface area contributed by atoms with Gasteiger partial charge in [-0.15, -0.1) is 0 Å². The summed E-state index contributed by atoms with van der Waals surface area (Å²) in [5.41, 5.74) is 2.68. The van der Waals surface area contributed by atoms with Gasteiger partial charge in [0.1, 0.15) is 0 Å². The minimum atomic E-state index is -5.01. The first-order chi connectivity index (χ1) is 35.0. The molecule has 14 rings (SSSR count). The van der Waals surface area contributed by atoms with Crippen LogP contribution < -0.4 is 26.2 Å². The molecule has 0 aliphatic carbocycles. The van der Waals surface area contributed by atoms with Crippen molar-refractivity contribution in [3.63, 3.8) is 0 Å². The molecule has 4 N–H and O–H groups in total. The Bertz CT molecular complexity index is 4980. The summed E-state index contributed by atoms with van der Waals surface area (Å²) in [5, 5.41) is 19.5. The quantitative estimate of drug-likeness (QED) is 0.0748. The van der Waals surface area contributed by atoms with Crippen LogP contribution in [0.4, 0.5) is 11.6 Å². The number of hydrogen-bond acceptors (Lipinski definition) is 17. The minimum absolute atomic E-state index is 0. The standard InChI is InChI=1S/C48H24N8O12S4.Ga.H2O/c57-67-68-69-37-9-1-5-21-13-29-33(17-25(21)37)45-49-41(29)51-46-35-19-27-23(7-3-11-39(27)71(61,62)63)15-31(35)43(53-46)55-48-36-20-28-24(8-4-12-40(28)72(64,65)66)16-32(36)44(56-48)54-47-34-18-26-22(14-30(34)42(50-45)52-47)6-2-10-38(26)70(58,59)60;;/h1-20H,(H4-2,49,50,51,52,53,54,55,56,57,58,59,60,61,62,63,64,65,66);;1H2/q-2;+2;/p-2. The summed E-state index contributed by atoms with van der Waals surface area (Å²) >= 11 is -1.66. The molecule has 0 atom stereocenters. The fourth-order valence-electron chi connectivity index (χ4n) is 10.3. The Morgan fingerprint density at radius 1 is 0.514 bits per heavy atom. The van der Waals surface area contributed by atoms with Gasteiger partial charge >= 0.3 is 424 Å². The molecular weight excluding hydrogens is 1090 g/mol. The molecule has 0 unspecified atom stereocenters. The molecule has 74 heavy (non-hydrogen) atoms. The second kappa shape index (κ2) is 16.1. The molecule has 6 heterocycles. The molecule has 0 spiro atoms. The van der Waals surface area contributed by atoms with Gasteiger partial charge in [0.25, 0.3) is 0 Å². The van der Waals surface area contributed by atoms with Crippen molar-refractivity contribution in [1.29, 1.82) is 0 Å². The van der Waals surface area contributed by atoms with Crippen molar-refractivity contribution in [2.75, 3.05) is 0 Å². The predicted octanol–water partition coefficient (Wildman–Crippen LogP) is 0.362. The summed E-state index contributed by atoms with van der Waals surface area (Å²) in [6.07, 6.45) is 0. The number of amidine groups is 4. The van der Waals surface area contributed by atoms with E-state index in [1.54, 1.807) is 66.7 Å². The van der Waals surface area contributed by atoms with E-state index < -0.39 is 62.9 Å². The van der Waals surface area contributed by atoms with Crippen LogP contribution in [0.25, 0.3) is 64.6 Å². The zero-order valence-electron chi connectivity index (χ0n) is 36.8. The van der Waals surface area contributed by atoms with Crippen LogP contribution in [-0.2, 0) is 39.7 Å². The van der Waals surface area contributed by atoms with Crippen LogP contribution in [0, 0.1) is 0 Å². The SMILES string of the molecule is O.O=S(=O)([O-])c1cccc2cc3c(cc12)C1=[NH+]c2c4cc5cccc(S(=O)(=O)[O-])c5cc4c4[n]2[Ga][n]2c(c5cc6c(S(=O)(=O)[O-])cccc6cc5c2=[NH+]C2=NC(=N4)c4cc5cccc(SOO[O-])c5cc42)=NC3=N1. The Hall–Kier alpha value is -7.28. The van der Waals surface area contributed by atoms with E-state index >= 15 is 0 Å². The van der Waals surface area contributed by atoms with Crippen molar-refractivity contribution in [3.8, 4) is 0 Å². The van der Waals surface area contributed by atoms with Crippen LogP contribution in [0.5, 0.6) is 0 Å².